The smallest absolute Gasteiger partial charge is 0.269 e. The molecule has 3 rings (SSSR count). The summed E-state index contributed by atoms with van der Waals surface area (Å²) in [6.07, 6.45) is 1.56. The van der Waals surface area contributed by atoms with Crippen molar-refractivity contribution in [2.45, 2.75) is 25.2 Å². The predicted octanol–water partition coefficient (Wildman–Crippen LogP) is 5.04. The Bertz CT molecular complexity index is 874. The van der Waals surface area contributed by atoms with Crippen LogP contribution in [0.3, 0.4) is 0 Å². The van der Waals surface area contributed by atoms with Crippen LogP contribution in [0.2, 0.25) is 0 Å². The number of hydrogen-bond acceptors (Lipinski definition) is 3. The molecule has 26 heavy (non-hydrogen) atoms. The van der Waals surface area contributed by atoms with Crippen LogP contribution in [0.4, 0.5) is 5.69 Å². The molecule has 3 aromatic carbocycles. The van der Waals surface area contributed by atoms with Crippen molar-refractivity contribution in [1.82, 2.24) is 0 Å². The Kier molecular flexibility index (Phi) is 5.03. The number of nitro groups is 1. The zero-order valence-corrected chi connectivity index (χ0v) is 14.6. The van der Waals surface area contributed by atoms with Crippen LogP contribution in [0.5, 0.6) is 5.75 Å². The number of phenolic OH excluding ortho intramolecular Hbond substituents is 1. The van der Waals surface area contributed by atoms with Crippen molar-refractivity contribution in [1.29, 1.82) is 0 Å². The van der Waals surface area contributed by atoms with Gasteiger partial charge in [-0.1, -0.05) is 61.5 Å². The number of aromatic hydroxyl groups is 1. The Morgan fingerprint density at radius 2 is 1.35 bits per heavy atom. The van der Waals surface area contributed by atoms with E-state index < -0.39 is 0 Å². The van der Waals surface area contributed by atoms with E-state index in [0.717, 1.165) is 24.0 Å². The molecule has 0 heterocycles. The first kappa shape index (κ1) is 17.7. The lowest BCUT2D eigenvalue weighted by Gasteiger charge is -2.31. The number of phenols is 1. The second-order valence-corrected chi connectivity index (χ2v) is 6.87. The number of nitrogens with zero attached hydrogens (tertiary/aromatic N) is 1. The summed E-state index contributed by atoms with van der Waals surface area (Å²) in [7, 11) is 0. The molecule has 0 amide bonds. The van der Waals surface area contributed by atoms with Gasteiger partial charge in [-0.25, -0.2) is 0 Å². The van der Waals surface area contributed by atoms with E-state index in [1.165, 1.54) is 5.56 Å². The van der Waals surface area contributed by atoms with Crippen LogP contribution in [0, 0.1) is 10.1 Å². The summed E-state index contributed by atoms with van der Waals surface area (Å²) in [5, 5.41) is 20.4. The summed E-state index contributed by atoms with van der Waals surface area (Å²) in [6.45, 7) is 2.20. The van der Waals surface area contributed by atoms with Gasteiger partial charge >= 0.3 is 0 Å². The standard InChI is InChI=1S/C22H21NO3/c1-22(19-5-3-2-4-6-19,16-18-9-13-21(24)14-10-18)15-17-7-11-20(12-8-17)23(25)26/h2-14,24H,15-16H2,1H3. The van der Waals surface area contributed by atoms with E-state index >= 15 is 0 Å². The second kappa shape index (κ2) is 7.40. The van der Waals surface area contributed by atoms with Gasteiger partial charge in [-0.05, 0) is 41.7 Å². The van der Waals surface area contributed by atoms with E-state index in [4.69, 9.17) is 0 Å². The first-order valence-electron chi connectivity index (χ1n) is 8.53. The molecule has 4 heteroatoms. The number of nitro benzene ring substituents is 1. The highest BCUT2D eigenvalue weighted by Gasteiger charge is 2.27. The van der Waals surface area contributed by atoms with Crippen LogP contribution in [0.25, 0.3) is 0 Å². The average molecular weight is 347 g/mol. The molecule has 0 spiro atoms. The largest absolute Gasteiger partial charge is 0.508 e. The van der Waals surface area contributed by atoms with Gasteiger partial charge in [0.25, 0.3) is 5.69 Å². The molecular formula is C22H21NO3. The van der Waals surface area contributed by atoms with Crippen LogP contribution in [-0.4, -0.2) is 10.0 Å². The van der Waals surface area contributed by atoms with Gasteiger partial charge in [-0.15, -0.1) is 0 Å². The lowest BCUT2D eigenvalue weighted by molar-refractivity contribution is -0.384. The van der Waals surface area contributed by atoms with Gasteiger partial charge in [0.05, 0.1) is 4.92 Å². The highest BCUT2D eigenvalue weighted by atomic mass is 16.6. The van der Waals surface area contributed by atoms with Gasteiger partial charge < -0.3 is 5.11 Å². The van der Waals surface area contributed by atoms with Gasteiger partial charge in [0, 0.05) is 17.5 Å². The Hall–Kier alpha value is -3.14. The second-order valence-electron chi connectivity index (χ2n) is 6.87. The Balaban J connectivity index is 1.92. The van der Waals surface area contributed by atoms with Gasteiger partial charge in [0.2, 0.25) is 0 Å². The third-order valence-electron chi connectivity index (χ3n) is 4.74. The maximum atomic E-state index is 10.9. The molecule has 0 saturated heterocycles. The van der Waals surface area contributed by atoms with Crippen molar-refractivity contribution in [3.8, 4) is 5.75 Å². The average Bonchev–Trinajstić information content (AvgIpc) is 2.65. The van der Waals surface area contributed by atoms with Crippen molar-refractivity contribution >= 4 is 5.69 Å². The third-order valence-corrected chi connectivity index (χ3v) is 4.74. The summed E-state index contributed by atoms with van der Waals surface area (Å²) in [5.41, 5.74) is 3.34. The fraction of sp³-hybridized carbons (Fsp3) is 0.182. The lowest BCUT2D eigenvalue weighted by atomic mass is 9.73. The molecule has 4 nitrogen and oxygen atoms in total. The molecule has 0 fully saturated rings. The van der Waals surface area contributed by atoms with Crippen molar-refractivity contribution in [2.75, 3.05) is 0 Å². The number of hydrogen-bond donors (Lipinski definition) is 1. The van der Waals surface area contributed by atoms with E-state index in [1.807, 2.05) is 42.5 Å². The molecule has 3 aromatic rings. The molecule has 132 valence electrons. The molecule has 0 radical (unpaired) electrons. The fourth-order valence-electron chi connectivity index (χ4n) is 3.36. The Morgan fingerprint density at radius 1 is 0.846 bits per heavy atom. The summed E-state index contributed by atoms with van der Waals surface area (Å²) in [4.78, 5) is 10.5. The lowest BCUT2D eigenvalue weighted by Crippen LogP contribution is -2.28. The summed E-state index contributed by atoms with van der Waals surface area (Å²) < 4.78 is 0. The SMILES string of the molecule is CC(Cc1ccc(O)cc1)(Cc1ccc([N+](=O)[O-])cc1)c1ccccc1. The molecule has 0 aliphatic rings. The van der Waals surface area contributed by atoms with E-state index in [-0.39, 0.29) is 21.8 Å². The van der Waals surface area contributed by atoms with Crippen molar-refractivity contribution < 1.29 is 10.0 Å². The van der Waals surface area contributed by atoms with Crippen molar-refractivity contribution in [3.05, 3.63) is 106 Å². The highest BCUT2D eigenvalue weighted by Crippen LogP contribution is 2.33. The molecule has 0 aliphatic heterocycles. The molecule has 0 aliphatic carbocycles. The number of rotatable bonds is 6. The first-order chi connectivity index (χ1) is 12.5. The molecule has 1 N–H and O–H groups in total. The number of benzene rings is 3. The normalized spacial score (nSPS) is 13.1. The predicted molar refractivity (Wildman–Crippen MR) is 102 cm³/mol. The molecular weight excluding hydrogens is 326 g/mol. The van der Waals surface area contributed by atoms with E-state index in [2.05, 4.69) is 19.1 Å². The zero-order chi connectivity index (χ0) is 18.6. The van der Waals surface area contributed by atoms with E-state index in [9.17, 15) is 15.2 Å². The van der Waals surface area contributed by atoms with Gasteiger partial charge in [0.15, 0.2) is 0 Å². The zero-order valence-electron chi connectivity index (χ0n) is 14.6. The third kappa shape index (κ3) is 4.09. The minimum atomic E-state index is -0.378. The fourth-order valence-corrected chi connectivity index (χ4v) is 3.36. The summed E-state index contributed by atoms with van der Waals surface area (Å²) in [5.74, 6) is 0.255. The van der Waals surface area contributed by atoms with Gasteiger partial charge in [-0.2, -0.15) is 0 Å². The minimum absolute atomic E-state index is 0.105. The first-order valence-corrected chi connectivity index (χ1v) is 8.53. The van der Waals surface area contributed by atoms with Crippen LogP contribution in [0.15, 0.2) is 78.9 Å². The Morgan fingerprint density at radius 3 is 1.85 bits per heavy atom. The van der Waals surface area contributed by atoms with Gasteiger partial charge in [-0.3, -0.25) is 10.1 Å². The molecule has 0 saturated carbocycles. The maximum absolute atomic E-state index is 10.9. The minimum Gasteiger partial charge on any atom is -0.508 e. The molecule has 0 bridgehead atoms. The monoisotopic (exact) mass is 347 g/mol. The van der Waals surface area contributed by atoms with Gasteiger partial charge in [0.1, 0.15) is 5.75 Å². The molecule has 1 atom stereocenters. The van der Waals surface area contributed by atoms with Crippen LogP contribution < -0.4 is 0 Å². The maximum Gasteiger partial charge on any atom is 0.269 e. The topological polar surface area (TPSA) is 63.4 Å². The van der Waals surface area contributed by atoms with E-state index in [0.29, 0.717) is 0 Å². The highest BCUT2D eigenvalue weighted by molar-refractivity contribution is 5.37. The van der Waals surface area contributed by atoms with Crippen molar-refractivity contribution in [3.63, 3.8) is 0 Å². The molecule has 0 aromatic heterocycles. The quantitative estimate of drug-likeness (QED) is 0.502. The molecule has 1 unspecified atom stereocenters. The van der Waals surface area contributed by atoms with Crippen molar-refractivity contribution in [2.24, 2.45) is 0 Å². The summed E-state index contributed by atoms with van der Waals surface area (Å²) in [6, 6.07) is 24.3. The van der Waals surface area contributed by atoms with Crippen LogP contribution >= 0.6 is 0 Å². The van der Waals surface area contributed by atoms with Crippen LogP contribution in [0.1, 0.15) is 23.6 Å². The van der Waals surface area contributed by atoms with Crippen LogP contribution in [-0.2, 0) is 18.3 Å². The Labute approximate surface area is 152 Å². The van der Waals surface area contributed by atoms with E-state index in [1.54, 1.807) is 24.3 Å². The number of non-ortho nitro benzene ring substituents is 1. The summed E-state index contributed by atoms with van der Waals surface area (Å²) >= 11 is 0.